The molecule has 0 heterocycles. The van der Waals surface area contributed by atoms with Crippen LogP contribution in [0.15, 0.2) is 0 Å². The van der Waals surface area contributed by atoms with Crippen LogP contribution in [0.1, 0.15) is 0 Å². The van der Waals surface area contributed by atoms with Gasteiger partial charge in [0, 0.05) is 0 Å². The van der Waals surface area contributed by atoms with E-state index in [-0.39, 0.29) is 66.8 Å². The molecule has 0 aliphatic heterocycles. The summed E-state index contributed by atoms with van der Waals surface area (Å²) in [6.45, 7) is 0. The molecular formula is CrNi3O12P3. The summed E-state index contributed by atoms with van der Waals surface area (Å²) >= 11 is 0. The van der Waals surface area contributed by atoms with Crippen molar-refractivity contribution in [2.75, 3.05) is 0 Å². The molecule has 0 fully saturated rings. The smallest absolute Gasteiger partial charge is 0.822 e. The Kier molecular flexibility index (Phi) is 41.6. The quantitative estimate of drug-likeness (QED) is 0.216. The summed E-state index contributed by atoms with van der Waals surface area (Å²) in [5.74, 6) is 0. The summed E-state index contributed by atoms with van der Waals surface area (Å²) in [5, 5.41) is 0. The molecule has 0 N–H and O–H groups in total. The second-order valence-electron chi connectivity index (χ2n) is 1.34. The van der Waals surface area contributed by atoms with E-state index in [0.717, 1.165) is 0 Å². The summed E-state index contributed by atoms with van der Waals surface area (Å²) in [4.78, 5) is 76.9. The number of phosphoric acid groups is 3. The SMILES string of the molecule is O=P([O-])([O-])[O-].O=P([O-])([O-])[O-].O=P([O-])([O-])[O-].[Cr+3].[Ni+2].[Ni+2].[Ni+2]. The van der Waals surface area contributed by atoms with Crippen molar-refractivity contribution in [3.63, 3.8) is 0 Å². The van der Waals surface area contributed by atoms with Crippen molar-refractivity contribution in [3.05, 3.63) is 0 Å². The first kappa shape index (κ1) is 42.9. The molecule has 0 atom stereocenters. The summed E-state index contributed by atoms with van der Waals surface area (Å²) in [6, 6.07) is 0. The van der Waals surface area contributed by atoms with Crippen molar-refractivity contribution >= 4 is 23.5 Å². The fourth-order valence-corrected chi connectivity index (χ4v) is 0. The fraction of sp³-hybridized carbons (Fsp3) is 0. The summed E-state index contributed by atoms with van der Waals surface area (Å²) < 4.78 is 25.6. The molecule has 0 rings (SSSR count). The third-order valence-electron chi connectivity index (χ3n) is 0. The second kappa shape index (κ2) is 18.4. The second-order valence-corrected chi connectivity index (χ2v) is 4.02. The zero-order chi connectivity index (χ0) is 13.5. The van der Waals surface area contributed by atoms with Gasteiger partial charge in [0.15, 0.2) is 0 Å². The average molecular weight is 513 g/mol. The van der Waals surface area contributed by atoms with Gasteiger partial charge in [-0.25, -0.2) is 0 Å². The molecular weight excluding hydrogens is 513 g/mol. The van der Waals surface area contributed by atoms with Crippen LogP contribution in [0.5, 0.6) is 0 Å². The number of hydrogen-bond donors (Lipinski definition) is 0. The molecule has 123 valence electrons. The molecule has 0 unspecified atom stereocenters. The van der Waals surface area contributed by atoms with Gasteiger partial charge in [-0.1, -0.05) is 0 Å². The van der Waals surface area contributed by atoms with Crippen molar-refractivity contribution in [1.29, 1.82) is 0 Å². The van der Waals surface area contributed by atoms with E-state index in [4.69, 9.17) is 57.7 Å². The molecule has 0 aromatic rings. The van der Waals surface area contributed by atoms with E-state index in [1.54, 1.807) is 0 Å². The van der Waals surface area contributed by atoms with Crippen LogP contribution < -0.4 is 44.0 Å². The normalized spacial score (nSPS) is 9.32. The standard InChI is InChI=1S/Cr.3Ni.3H3O4P/c;;;;3*1-5(2,3)4/h;;;;3*(H3,1,2,3,4)/q+3;3*+2;;;/p-9. The van der Waals surface area contributed by atoms with Crippen molar-refractivity contribution in [2.24, 2.45) is 0 Å². The molecule has 0 saturated heterocycles. The van der Waals surface area contributed by atoms with E-state index in [0.29, 0.717) is 0 Å². The van der Waals surface area contributed by atoms with Gasteiger partial charge in [0.25, 0.3) is 0 Å². The van der Waals surface area contributed by atoms with E-state index in [1.807, 2.05) is 0 Å². The van der Waals surface area contributed by atoms with Crippen LogP contribution in [-0.2, 0) is 80.5 Å². The maximum Gasteiger partial charge on any atom is 3.00 e. The Hall–Kier alpha value is 2.34. The van der Waals surface area contributed by atoms with Crippen molar-refractivity contribution in [3.8, 4) is 0 Å². The van der Waals surface area contributed by atoms with Gasteiger partial charge in [0.2, 0.25) is 0 Å². The summed E-state index contributed by atoms with van der Waals surface area (Å²) in [6.07, 6.45) is 0. The first-order valence-corrected chi connectivity index (χ1v) is 6.57. The zero-order valence-corrected chi connectivity index (χ0v) is 14.5. The van der Waals surface area contributed by atoms with E-state index in [1.165, 1.54) is 0 Å². The Morgan fingerprint density at radius 3 is 0.421 bits per heavy atom. The van der Waals surface area contributed by atoms with Gasteiger partial charge in [0.1, 0.15) is 0 Å². The molecule has 0 aromatic heterocycles. The molecule has 12 nitrogen and oxygen atoms in total. The van der Waals surface area contributed by atoms with Gasteiger partial charge in [-0.2, -0.15) is 23.5 Å². The van der Waals surface area contributed by atoms with Crippen LogP contribution in [-0.4, -0.2) is 0 Å². The Morgan fingerprint density at radius 2 is 0.421 bits per heavy atom. The van der Waals surface area contributed by atoms with Crippen molar-refractivity contribution < 1.29 is 125 Å². The summed E-state index contributed by atoms with van der Waals surface area (Å²) in [7, 11) is -16.2. The minimum Gasteiger partial charge on any atom is -0.822 e. The predicted octanol–water partition coefficient (Wildman–Crippen LogP) is -8.48. The average Bonchev–Trinajstić information content (AvgIpc) is 1.41. The third-order valence-corrected chi connectivity index (χ3v) is 0. The predicted molar refractivity (Wildman–Crippen MR) is 22.8 cm³/mol. The van der Waals surface area contributed by atoms with E-state index < -0.39 is 23.5 Å². The fourth-order valence-electron chi connectivity index (χ4n) is 0. The summed E-state index contributed by atoms with van der Waals surface area (Å²) in [5.41, 5.74) is 0. The van der Waals surface area contributed by atoms with Crippen LogP contribution in [0.3, 0.4) is 0 Å². The van der Waals surface area contributed by atoms with Gasteiger partial charge in [-0.3, -0.25) is 0 Å². The van der Waals surface area contributed by atoms with E-state index in [9.17, 15) is 0 Å². The first-order chi connectivity index (χ1) is 6.00. The largest absolute Gasteiger partial charge is 3.00 e. The van der Waals surface area contributed by atoms with Gasteiger partial charge >= 0.3 is 66.8 Å². The Balaban J connectivity index is -0.0000000206. The number of rotatable bonds is 0. The molecule has 1 radical (unpaired) electrons. The number of hydrogen-bond acceptors (Lipinski definition) is 12. The molecule has 0 aliphatic rings. The molecule has 0 amide bonds. The molecule has 0 bridgehead atoms. The maximum absolute atomic E-state index is 8.55. The molecule has 19 heavy (non-hydrogen) atoms. The molecule has 0 aromatic carbocycles. The van der Waals surface area contributed by atoms with Gasteiger partial charge < -0.3 is 57.7 Å². The van der Waals surface area contributed by atoms with Gasteiger partial charge in [-0.15, -0.1) is 0 Å². The Bertz CT molecular complexity index is 214. The minimum absolute atomic E-state index is 0. The topological polar surface area (TPSA) is 259 Å². The molecule has 0 aliphatic carbocycles. The van der Waals surface area contributed by atoms with E-state index >= 15 is 0 Å². The molecule has 0 spiro atoms. The van der Waals surface area contributed by atoms with Gasteiger partial charge in [0.05, 0.1) is 0 Å². The molecule has 19 heteroatoms. The van der Waals surface area contributed by atoms with Gasteiger partial charge in [-0.05, 0) is 0 Å². The molecule has 0 saturated carbocycles. The van der Waals surface area contributed by atoms with Crippen LogP contribution >= 0.6 is 23.5 Å². The third kappa shape index (κ3) is 1250. The maximum atomic E-state index is 8.55. The van der Waals surface area contributed by atoms with E-state index in [2.05, 4.69) is 0 Å². The van der Waals surface area contributed by atoms with Crippen molar-refractivity contribution in [2.45, 2.75) is 0 Å². The first-order valence-electron chi connectivity index (χ1n) is 2.19. The minimum atomic E-state index is -5.39. The Morgan fingerprint density at radius 1 is 0.421 bits per heavy atom. The van der Waals surface area contributed by atoms with Crippen LogP contribution in [0.4, 0.5) is 0 Å². The zero-order valence-electron chi connectivity index (χ0n) is 7.60. The monoisotopic (exact) mass is 511 g/mol. The van der Waals surface area contributed by atoms with Crippen molar-refractivity contribution in [1.82, 2.24) is 0 Å². The van der Waals surface area contributed by atoms with Crippen LogP contribution in [0.2, 0.25) is 0 Å². The Labute approximate surface area is 147 Å². The van der Waals surface area contributed by atoms with Crippen LogP contribution in [0.25, 0.3) is 0 Å². The van der Waals surface area contributed by atoms with Crippen LogP contribution in [0, 0.1) is 0 Å².